The summed E-state index contributed by atoms with van der Waals surface area (Å²) < 4.78 is 7.25. The summed E-state index contributed by atoms with van der Waals surface area (Å²) in [4.78, 5) is 34.4. The Morgan fingerprint density at radius 3 is 2.58 bits per heavy atom. The van der Waals surface area contributed by atoms with E-state index >= 15 is 0 Å². The van der Waals surface area contributed by atoms with E-state index in [4.69, 9.17) is 4.74 Å². The molecule has 1 atom stereocenters. The maximum absolute atomic E-state index is 13.1. The van der Waals surface area contributed by atoms with Crippen molar-refractivity contribution >= 4 is 34.5 Å². The van der Waals surface area contributed by atoms with Crippen molar-refractivity contribution < 1.29 is 14.3 Å². The highest BCUT2D eigenvalue weighted by Crippen LogP contribution is 2.28. The standard InChI is InChI=1S/C25H31N5O3/c1-4-28(5-2)14-15-29-22-9-7-6-8-21(22)26-25(29)27-24(32)18-16-23(31)30(17-18)19-10-12-20(33-3)13-11-19/h6-13,18H,4-5,14-17H2,1-3H3,(H,26,27,32). The van der Waals surface area contributed by atoms with Gasteiger partial charge >= 0.3 is 0 Å². The number of likely N-dealkylation sites (N-methyl/N-ethyl adjacent to an activating group) is 1. The molecule has 1 N–H and O–H groups in total. The molecule has 1 aliphatic rings. The Balaban J connectivity index is 1.50. The number of hydrogen-bond acceptors (Lipinski definition) is 5. The lowest BCUT2D eigenvalue weighted by Crippen LogP contribution is -2.30. The van der Waals surface area contributed by atoms with Gasteiger partial charge in [-0.1, -0.05) is 26.0 Å². The molecule has 3 aromatic rings. The second-order valence-electron chi connectivity index (χ2n) is 8.20. The van der Waals surface area contributed by atoms with Crippen LogP contribution in [0.25, 0.3) is 11.0 Å². The maximum Gasteiger partial charge on any atom is 0.232 e. The van der Waals surface area contributed by atoms with Gasteiger partial charge in [-0.05, 0) is 49.5 Å². The average Bonchev–Trinajstić information content (AvgIpc) is 3.40. The lowest BCUT2D eigenvalue weighted by atomic mass is 10.1. The summed E-state index contributed by atoms with van der Waals surface area (Å²) >= 11 is 0. The highest BCUT2D eigenvalue weighted by molar-refractivity contribution is 6.03. The Morgan fingerprint density at radius 1 is 1.15 bits per heavy atom. The molecule has 1 aliphatic heterocycles. The number of fused-ring (bicyclic) bond motifs is 1. The zero-order valence-electron chi connectivity index (χ0n) is 19.5. The summed E-state index contributed by atoms with van der Waals surface area (Å²) in [6.45, 7) is 8.15. The quantitative estimate of drug-likeness (QED) is 0.542. The Bertz CT molecular complexity index is 1120. The molecule has 0 aliphatic carbocycles. The molecule has 0 bridgehead atoms. The van der Waals surface area contributed by atoms with Crippen LogP contribution in [0.1, 0.15) is 20.3 Å². The summed E-state index contributed by atoms with van der Waals surface area (Å²) in [5.74, 6) is 0.580. The van der Waals surface area contributed by atoms with Crippen molar-refractivity contribution in [2.24, 2.45) is 5.92 Å². The zero-order valence-corrected chi connectivity index (χ0v) is 19.5. The van der Waals surface area contributed by atoms with Crippen LogP contribution in [0.5, 0.6) is 5.75 Å². The molecule has 1 aromatic heterocycles. The third-order valence-electron chi connectivity index (χ3n) is 6.30. The van der Waals surface area contributed by atoms with Crippen molar-refractivity contribution in [3.8, 4) is 5.75 Å². The fourth-order valence-corrected chi connectivity index (χ4v) is 4.29. The van der Waals surface area contributed by atoms with Crippen LogP contribution in [0.3, 0.4) is 0 Å². The number of amides is 2. The minimum atomic E-state index is -0.435. The monoisotopic (exact) mass is 449 g/mol. The number of rotatable bonds is 9. The van der Waals surface area contributed by atoms with Gasteiger partial charge in [0.15, 0.2) is 0 Å². The third-order valence-corrected chi connectivity index (χ3v) is 6.30. The number of ether oxygens (including phenoxy) is 1. The fraction of sp³-hybridized carbons (Fsp3) is 0.400. The first kappa shape index (κ1) is 22.8. The number of benzene rings is 2. The largest absolute Gasteiger partial charge is 0.497 e. The van der Waals surface area contributed by atoms with E-state index in [1.807, 2.05) is 48.5 Å². The first-order valence-electron chi connectivity index (χ1n) is 11.5. The second kappa shape index (κ2) is 10.0. The molecule has 0 saturated carbocycles. The van der Waals surface area contributed by atoms with Gasteiger partial charge in [0.1, 0.15) is 5.75 Å². The third kappa shape index (κ3) is 4.85. The van der Waals surface area contributed by atoms with Crippen LogP contribution in [0, 0.1) is 5.92 Å². The summed E-state index contributed by atoms with van der Waals surface area (Å²) in [6, 6.07) is 15.2. The van der Waals surface area contributed by atoms with E-state index < -0.39 is 5.92 Å². The first-order chi connectivity index (χ1) is 16.0. The number of anilines is 2. The van der Waals surface area contributed by atoms with Crippen molar-refractivity contribution in [2.75, 3.05) is 43.5 Å². The summed E-state index contributed by atoms with van der Waals surface area (Å²) in [5.41, 5.74) is 2.60. The van der Waals surface area contributed by atoms with Gasteiger partial charge in [0, 0.05) is 31.7 Å². The SMILES string of the molecule is CCN(CC)CCn1c(NC(=O)C2CC(=O)N(c3ccc(OC)cc3)C2)nc2ccccc21. The average molecular weight is 450 g/mol. The summed E-state index contributed by atoms with van der Waals surface area (Å²) in [7, 11) is 1.60. The Kier molecular flexibility index (Phi) is 6.93. The lowest BCUT2D eigenvalue weighted by Gasteiger charge is -2.20. The van der Waals surface area contributed by atoms with Gasteiger partial charge in [-0.25, -0.2) is 4.98 Å². The second-order valence-corrected chi connectivity index (χ2v) is 8.20. The van der Waals surface area contributed by atoms with Gasteiger partial charge in [0.2, 0.25) is 17.8 Å². The minimum absolute atomic E-state index is 0.0599. The van der Waals surface area contributed by atoms with Crippen LogP contribution < -0.4 is 15.0 Å². The smallest absolute Gasteiger partial charge is 0.232 e. The highest BCUT2D eigenvalue weighted by atomic mass is 16.5. The maximum atomic E-state index is 13.1. The Hall–Kier alpha value is -3.39. The van der Waals surface area contributed by atoms with Crippen LogP contribution in [-0.4, -0.2) is 59.6 Å². The topological polar surface area (TPSA) is 79.7 Å². The van der Waals surface area contributed by atoms with Crippen molar-refractivity contribution in [3.63, 3.8) is 0 Å². The number of nitrogens with zero attached hydrogens (tertiary/aromatic N) is 4. The Labute approximate surface area is 194 Å². The number of methoxy groups -OCH3 is 1. The normalized spacial score (nSPS) is 16.1. The van der Waals surface area contributed by atoms with Gasteiger partial charge in [0.05, 0.1) is 24.1 Å². The van der Waals surface area contributed by atoms with Crippen LogP contribution in [0.15, 0.2) is 48.5 Å². The van der Waals surface area contributed by atoms with E-state index in [0.717, 1.165) is 48.6 Å². The number of carbonyl (C=O) groups is 2. The number of imidazole rings is 1. The molecule has 0 spiro atoms. The summed E-state index contributed by atoms with van der Waals surface area (Å²) in [6.07, 6.45) is 0.178. The number of aromatic nitrogens is 2. The molecule has 33 heavy (non-hydrogen) atoms. The van der Waals surface area contributed by atoms with Gasteiger partial charge in [-0.3, -0.25) is 14.9 Å². The number of hydrogen-bond donors (Lipinski definition) is 1. The fourth-order valence-electron chi connectivity index (χ4n) is 4.29. The van der Waals surface area contributed by atoms with Crippen LogP contribution in [0.4, 0.5) is 11.6 Å². The van der Waals surface area contributed by atoms with E-state index in [2.05, 4.69) is 33.6 Å². The lowest BCUT2D eigenvalue weighted by molar-refractivity contribution is -0.122. The molecule has 0 radical (unpaired) electrons. The number of carbonyl (C=O) groups excluding carboxylic acids is 2. The first-order valence-corrected chi connectivity index (χ1v) is 11.5. The predicted octanol–water partition coefficient (Wildman–Crippen LogP) is 3.38. The molecule has 2 aromatic carbocycles. The van der Waals surface area contributed by atoms with Crippen molar-refractivity contribution in [1.82, 2.24) is 14.5 Å². The minimum Gasteiger partial charge on any atom is -0.497 e. The van der Waals surface area contributed by atoms with Gasteiger partial charge < -0.3 is 19.1 Å². The molecule has 8 nitrogen and oxygen atoms in total. The molecule has 4 rings (SSSR count). The molecule has 1 fully saturated rings. The molecule has 1 saturated heterocycles. The van der Waals surface area contributed by atoms with Crippen LogP contribution in [0.2, 0.25) is 0 Å². The predicted molar refractivity (Wildman–Crippen MR) is 130 cm³/mol. The molecule has 8 heteroatoms. The molecule has 1 unspecified atom stereocenters. The van der Waals surface area contributed by atoms with Crippen LogP contribution in [-0.2, 0) is 16.1 Å². The molecule has 2 heterocycles. The summed E-state index contributed by atoms with van der Waals surface area (Å²) in [5, 5.41) is 3.01. The molecular formula is C25H31N5O3. The highest BCUT2D eigenvalue weighted by Gasteiger charge is 2.35. The Morgan fingerprint density at radius 2 is 1.88 bits per heavy atom. The van der Waals surface area contributed by atoms with Crippen molar-refractivity contribution in [1.29, 1.82) is 0 Å². The van der Waals surface area contributed by atoms with E-state index in [1.165, 1.54) is 0 Å². The number of nitrogens with one attached hydrogen (secondary N) is 1. The zero-order chi connectivity index (χ0) is 23.4. The van der Waals surface area contributed by atoms with E-state index in [9.17, 15) is 9.59 Å². The van der Waals surface area contributed by atoms with Gasteiger partial charge in [-0.2, -0.15) is 0 Å². The van der Waals surface area contributed by atoms with Crippen LogP contribution >= 0.6 is 0 Å². The van der Waals surface area contributed by atoms with Gasteiger partial charge in [0.25, 0.3) is 0 Å². The van der Waals surface area contributed by atoms with Gasteiger partial charge in [-0.15, -0.1) is 0 Å². The number of para-hydroxylation sites is 2. The van der Waals surface area contributed by atoms with E-state index in [1.54, 1.807) is 12.0 Å². The van der Waals surface area contributed by atoms with E-state index in [-0.39, 0.29) is 18.2 Å². The molecule has 2 amide bonds. The van der Waals surface area contributed by atoms with E-state index in [0.29, 0.717) is 12.5 Å². The molecule has 174 valence electrons. The molecular weight excluding hydrogens is 418 g/mol. The van der Waals surface area contributed by atoms with Crippen molar-refractivity contribution in [3.05, 3.63) is 48.5 Å². The van der Waals surface area contributed by atoms with Crippen molar-refractivity contribution in [2.45, 2.75) is 26.8 Å².